The third-order valence-corrected chi connectivity index (χ3v) is 16.8. The number of fused-ring (bicyclic) bond motifs is 2. The number of benzene rings is 4. The number of aromatic nitrogens is 2. The van der Waals surface area contributed by atoms with E-state index < -0.39 is 35.4 Å². The van der Waals surface area contributed by atoms with Crippen LogP contribution in [-0.4, -0.2) is 107 Å². The Hall–Kier alpha value is -6.10. The predicted molar refractivity (Wildman–Crippen MR) is 272 cm³/mol. The standard InChI is InChI=1S/C56H68F2N8O6/c1-33-43(57)31-46-49(48(33)50-42(52(59)68)20-21-45(71-4)51(50)58)34(2)56(72-46,38-10-6-5-7-11-38)32-60-39-17-14-36(15-18-39)54(69)65-25-8-12-40(13-9-26-65)64-27-22-35(23-28-64)37-16-19-41-44(30-37)63(3)62-53(41)66-29-24-47(67)61-55(66)70/h5-7,10-11,16,19-21,30-31,34-36,39-40,55,60,70H,8-9,12-15,17-18,22-29,32H2,1-4H3,(H2,59,68)(H,61,67). The second-order valence-electron chi connectivity index (χ2n) is 20.8. The van der Waals surface area contributed by atoms with Crippen molar-refractivity contribution in [2.45, 2.75) is 120 Å². The third kappa shape index (κ3) is 9.19. The van der Waals surface area contributed by atoms with E-state index in [1.807, 2.05) is 49.0 Å². The molecule has 0 spiro atoms. The molecule has 1 aliphatic carbocycles. The van der Waals surface area contributed by atoms with Gasteiger partial charge in [0.2, 0.25) is 24.1 Å². The smallest absolute Gasteiger partial charge is 0.249 e. The molecular formula is C56H68F2N8O6. The minimum absolute atomic E-state index is 0.0202. The van der Waals surface area contributed by atoms with Crippen molar-refractivity contribution in [3.8, 4) is 22.6 Å². The molecule has 16 heteroatoms. The van der Waals surface area contributed by atoms with Gasteiger partial charge in [0.1, 0.15) is 11.6 Å². The zero-order valence-corrected chi connectivity index (χ0v) is 41.9. The molecule has 14 nitrogen and oxygen atoms in total. The maximum Gasteiger partial charge on any atom is 0.249 e. The second-order valence-corrected chi connectivity index (χ2v) is 20.8. The highest BCUT2D eigenvalue weighted by atomic mass is 19.1. The number of methoxy groups -OCH3 is 1. The Morgan fingerprint density at radius 1 is 0.931 bits per heavy atom. The van der Waals surface area contributed by atoms with Crippen molar-refractivity contribution < 1.29 is 37.7 Å². The Morgan fingerprint density at radius 2 is 1.65 bits per heavy atom. The molecule has 5 N–H and O–H groups in total. The van der Waals surface area contributed by atoms with Crippen molar-refractivity contribution in [3.05, 3.63) is 106 Å². The SMILES string of the molecule is COc1ccc(C(N)=O)c(-c2c(C)c(F)cc3c2C(C)C(CNC2CCC(C(=O)N4CCCC(N5CCC(c6ccc7c(N8CCC(=O)NC8O)nn(C)c7c6)CC5)CCC4)CC2)(c2ccccc2)O3)c1F. The molecule has 3 atom stereocenters. The van der Waals surface area contributed by atoms with Crippen LogP contribution in [0.3, 0.4) is 0 Å². The largest absolute Gasteiger partial charge is 0.494 e. The molecule has 5 aliphatic rings. The van der Waals surface area contributed by atoms with E-state index in [1.54, 1.807) is 11.8 Å². The van der Waals surface area contributed by atoms with Gasteiger partial charge in [0.05, 0.1) is 18.2 Å². The highest BCUT2D eigenvalue weighted by molar-refractivity contribution is 6.01. The Kier molecular flexibility index (Phi) is 14.0. The normalized spacial score (nSPS) is 24.6. The number of primary amides is 1. The highest BCUT2D eigenvalue weighted by Gasteiger charge is 2.50. The molecule has 1 aromatic heterocycles. The fraction of sp³-hybridized carbons (Fsp3) is 0.500. The number of rotatable bonds is 11. The van der Waals surface area contributed by atoms with Crippen LogP contribution in [0.25, 0.3) is 22.0 Å². The third-order valence-electron chi connectivity index (χ3n) is 16.8. The number of nitrogens with one attached hydrogen (secondary N) is 2. The molecule has 5 aromatic rings. The number of nitrogens with zero attached hydrogens (tertiary/aromatic N) is 5. The van der Waals surface area contributed by atoms with Gasteiger partial charge in [0.25, 0.3) is 0 Å². The second kappa shape index (κ2) is 20.4. The van der Waals surface area contributed by atoms with E-state index in [4.69, 9.17) is 20.3 Å². The van der Waals surface area contributed by atoms with E-state index in [9.17, 15) is 19.5 Å². The van der Waals surface area contributed by atoms with Crippen LogP contribution >= 0.6 is 0 Å². The van der Waals surface area contributed by atoms with Crippen LogP contribution in [0.4, 0.5) is 14.6 Å². The maximum absolute atomic E-state index is 16.3. The number of hydrogen-bond acceptors (Lipinski definition) is 10. The van der Waals surface area contributed by atoms with Crippen molar-refractivity contribution in [2.24, 2.45) is 18.7 Å². The molecule has 72 heavy (non-hydrogen) atoms. The number of carbonyl (C=O) groups excluding carboxylic acids is 3. The molecule has 4 aromatic carbocycles. The lowest BCUT2D eigenvalue weighted by Crippen LogP contribution is -2.54. The first-order valence-corrected chi connectivity index (χ1v) is 26.0. The lowest BCUT2D eigenvalue weighted by atomic mass is 9.76. The predicted octanol–water partition coefficient (Wildman–Crippen LogP) is 7.73. The molecule has 10 rings (SSSR count). The number of halogens is 2. The van der Waals surface area contributed by atoms with Crippen LogP contribution in [0.5, 0.6) is 11.5 Å². The zero-order valence-electron chi connectivity index (χ0n) is 41.9. The van der Waals surface area contributed by atoms with E-state index in [-0.39, 0.29) is 57.5 Å². The van der Waals surface area contributed by atoms with Crippen LogP contribution in [0.2, 0.25) is 0 Å². The van der Waals surface area contributed by atoms with Crippen LogP contribution in [0.15, 0.2) is 66.7 Å². The molecule has 3 saturated heterocycles. The molecule has 4 aliphatic heterocycles. The molecule has 4 fully saturated rings. The Morgan fingerprint density at radius 3 is 2.33 bits per heavy atom. The van der Waals surface area contributed by atoms with Gasteiger partial charge >= 0.3 is 0 Å². The molecule has 0 radical (unpaired) electrons. The first kappa shape index (κ1) is 49.5. The topological polar surface area (TPSA) is 168 Å². The summed E-state index contributed by atoms with van der Waals surface area (Å²) in [4.78, 5) is 45.3. The summed E-state index contributed by atoms with van der Waals surface area (Å²) >= 11 is 0. The van der Waals surface area contributed by atoms with E-state index in [0.717, 1.165) is 107 Å². The van der Waals surface area contributed by atoms with Crippen LogP contribution in [-0.2, 0) is 22.2 Å². The first-order chi connectivity index (χ1) is 34.8. The number of hydrogen-bond donors (Lipinski definition) is 4. The number of amides is 3. The summed E-state index contributed by atoms with van der Waals surface area (Å²) in [5.74, 6) is -1.22. The van der Waals surface area contributed by atoms with Crippen LogP contribution in [0, 0.1) is 24.5 Å². The highest BCUT2D eigenvalue weighted by Crippen LogP contribution is 2.56. The van der Waals surface area contributed by atoms with Crippen molar-refractivity contribution in [3.63, 3.8) is 0 Å². The number of likely N-dealkylation sites (tertiary alicyclic amines) is 2. The maximum atomic E-state index is 16.3. The average Bonchev–Trinajstić information content (AvgIpc) is 3.85. The summed E-state index contributed by atoms with van der Waals surface area (Å²) in [6.07, 6.45) is 8.77. The van der Waals surface area contributed by atoms with Gasteiger partial charge in [0, 0.05) is 86.1 Å². The number of ether oxygens (including phenoxy) is 2. The van der Waals surface area contributed by atoms with E-state index in [2.05, 4.69) is 38.6 Å². The van der Waals surface area contributed by atoms with E-state index >= 15 is 8.78 Å². The summed E-state index contributed by atoms with van der Waals surface area (Å²) in [6.45, 7) is 8.05. The fourth-order valence-corrected chi connectivity index (χ4v) is 12.7. The van der Waals surface area contributed by atoms with Gasteiger partial charge in [0.15, 0.2) is 23.0 Å². The zero-order chi connectivity index (χ0) is 50.4. The fourth-order valence-electron chi connectivity index (χ4n) is 12.7. The number of piperidine rings is 1. The van der Waals surface area contributed by atoms with Gasteiger partial charge in [-0.2, -0.15) is 5.10 Å². The summed E-state index contributed by atoms with van der Waals surface area (Å²) in [7, 11) is 3.27. The molecule has 3 amide bonds. The average molecular weight is 987 g/mol. The van der Waals surface area contributed by atoms with Crippen molar-refractivity contribution >= 4 is 34.4 Å². The Bertz CT molecular complexity index is 2830. The lowest BCUT2D eigenvalue weighted by molar-refractivity contribution is -0.137. The van der Waals surface area contributed by atoms with Gasteiger partial charge in [-0.1, -0.05) is 43.3 Å². The van der Waals surface area contributed by atoms with Crippen molar-refractivity contribution in [2.75, 3.05) is 51.3 Å². The summed E-state index contributed by atoms with van der Waals surface area (Å²) < 4.78 is 46.3. The van der Waals surface area contributed by atoms with Gasteiger partial charge in [-0.05, 0) is 137 Å². The number of aryl methyl sites for hydroxylation is 1. The van der Waals surface area contributed by atoms with Gasteiger partial charge < -0.3 is 45.6 Å². The number of anilines is 1. The summed E-state index contributed by atoms with van der Waals surface area (Å²) in [5, 5.41) is 22.6. The minimum atomic E-state index is -1.09. The van der Waals surface area contributed by atoms with Gasteiger partial charge in [-0.3, -0.25) is 19.1 Å². The number of carbonyl (C=O) groups is 3. The molecule has 0 bridgehead atoms. The van der Waals surface area contributed by atoms with Crippen molar-refractivity contribution in [1.82, 2.24) is 30.2 Å². The molecule has 3 unspecified atom stereocenters. The molecule has 382 valence electrons. The number of nitrogens with two attached hydrogens (primary N) is 1. The molecular weight excluding hydrogens is 919 g/mol. The quantitative estimate of drug-likeness (QED) is 0.103. The number of aliphatic hydroxyl groups is 1. The number of aliphatic hydroxyl groups excluding tert-OH is 1. The van der Waals surface area contributed by atoms with Gasteiger partial charge in [-0.15, -0.1) is 0 Å². The van der Waals surface area contributed by atoms with E-state index in [1.165, 1.54) is 30.9 Å². The Labute approximate surface area is 420 Å². The lowest BCUT2D eigenvalue weighted by Gasteiger charge is -2.40. The molecule has 5 heterocycles. The summed E-state index contributed by atoms with van der Waals surface area (Å²) in [5.41, 5.74) is 8.83. The van der Waals surface area contributed by atoms with Crippen molar-refractivity contribution in [1.29, 1.82) is 0 Å². The monoisotopic (exact) mass is 987 g/mol. The van der Waals surface area contributed by atoms with Crippen LogP contribution < -0.4 is 30.7 Å². The van der Waals surface area contributed by atoms with E-state index in [0.29, 0.717) is 42.9 Å². The Balaban J connectivity index is 0.736. The molecule has 1 saturated carbocycles. The van der Waals surface area contributed by atoms with Gasteiger partial charge in [-0.25, -0.2) is 8.78 Å². The summed E-state index contributed by atoms with van der Waals surface area (Å²) in [6, 6.07) is 21.1. The van der Waals surface area contributed by atoms with Crippen LogP contribution in [0.1, 0.15) is 122 Å². The minimum Gasteiger partial charge on any atom is -0.494 e. The first-order valence-electron chi connectivity index (χ1n) is 26.0.